The average Bonchev–Trinajstić information content (AvgIpc) is 2.79. The van der Waals surface area contributed by atoms with Crippen molar-refractivity contribution in [2.24, 2.45) is 0 Å². The molecule has 0 radical (unpaired) electrons. The Morgan fingerprint density at radius 3 is 2.31 bits per heavy atom. The van der Waals surface area contributed by atoms with Crippen LogP contribution in [-0.4, -0.2) is 15.1 Å². The van der Waals surface area contributed by atoms with Gasteiger partial charge in [-0.1, -0.05) is 20.8 Å². The van der Waals surface area contributed by atoms with Gasteiger partial charge >= 0.3 is 0 Å². The van der Waals surface area contributed by atoms with Crippen LogP contribution < -0.4 is 5.32 Å². The van der Waals surface area contributed by atoms with Gasteiger partial charge in [0, 0.05) is 24.8 Å². The van der Waals surface area contributed by atoms with Gasteiger partial charge in [0.1, 0.15) is 0 Å². The molecule has 92 valence electrons. The zero-order valence-electron chi connectivity index (χ0n) is 11.1. The van der Waals surface area contributed by atoms with Gasteiger partial charge in [-0.3, -0.25) is 0 Å². The van der Waals surface area contributed by atoms with E-state index < -0.39 is 0 Å². The molecule has 16 heavy (non-hydrogen) atoms. The normalized spacial score (nSPS) is 12.0. The Labute approximate surface area is 99.3 Å². The third kappa shape index (κ3) is 2.85. The minimum Gasteiger partial charge on any atom is -0.334 e. The molecule has 0 aliphatic heterocycles. The Hall–Kier alpha value is -0.830. The van der Waals surface area contributed by atoms with E-state index >= 15 is 0 Å². The first-order valence-electron chi connectivity index (χ1n) is 6.45. The third-order valence-electron chi connectivity index (χ3n) is 3.81. The number of imidazole rings is 1. The number of hydrogen-bond acceptors (Lipinski definition) is 2. The van der Waals surface area contributed by atoms with Crippen LogP contribution in [0.1, 0.15) is 52.7 Å². The lowest BCUT2D eigenvalue weighted by molar-refractivity contribution is 0.285. The zero-order chi connectivity index (χ0) is 12.0. The van der Waals surface area contributed by atoms with Crippen LogP contribution in [0.4, 0.5) is 0 Å². The molecule has 1 aromatic heterocycles. The maximum absolute atomic E-state index is 4.19. The summed E-state index contributed by atoms with van der Waals surface area (Å²) < 4.78 is 2.19. The molecule has 1 aromatic rings. The molecule has 0 unspecified atom stereocenters. The number of nitrogens with one attached hydrogen (secondary N) is 1. The molecule has 0 saturated heterocycles. The molecule has 0 spiro atoms. The van der Waals surface area contributed by atoms with E-state index in [-0.39, 0.29) is 0 Å². The standard InChI is InChI=1S/C13H25N3/c1-5-13(6-2,7-3)15-10-12-9-14-11-16(12)8-4/h9,11,15H,5-8,10H2,1-4H3. The Morgan fingerprint density at radius 2 is 1.81 bits per heavy atom. The van der Waals surface area contributed by atoms with E-state index in [0.29, 0.717) is 5.54 Å². The molecular formula is C13H25N3. The number of nitrogens with zero attached hydrogens (tertiary/aromatic N) is 2. The first-order chi connectivity index (χ1) is 7.71. The Kier molecular flexibility index (Phi) is 5.00. The fourth-order valence-corrected chi connectivity index (χ4v) is 2.18. The van der Waals surface area contributed by atoms with Gasteiger partial charge in [0.15, 0.2) is 0 Å². The van der Waals surface area contributed by atoms with E-state index in [0.717, 1.165) is 13.1 Å². The summed E-state index contributed by atoms with van der Waals surface area (Å²) in [5, 5.41) is 3.70. The smallest absolute Gasteiger partial charge is 0.0948 e. The maximum atomic E-state index is 4.19. The first-order valence-corrected chi connectivity index (χ1v) is 6.45. The van der Waals surface area contributed by atoms with E-state index in [1.54, 1.807) is 0 Å². The van der Waals surface area contributed by atoms with Gasteiger partial charge in [-0.25, -0.2) is 4.98 Å². The van der Waals surface area contributed by atoms with Gasteiger partial charge in [0.05, 0.1) is 12.0 Å². The molecule has 1 rings (SSSR count). The van der Waals surface area contributed by atoms with E-state index in [9.17, 15) is 0 Å². The highest BCUT2D eigenvalue weighted by Crippen LogP contribution is 2.19. The molecular weight excluding hydrogens is 198 g/mol. The van der Waals surface area contributed by atoms with Gasteiger partial charge in [0.25, 0.3) is 0 Å². The molecule has 0 aliphatic rings. The van der Waals surface area contributed by atoms with Crippen LogP contribution in [0.25, 0.3) is 0 Å². The summed E-state index contributed by atoms with van der Waals surface area (Å²) in [5.74, 6) is 0. The summed E-state index contributed by atoms with van der Waals surface area (Å²) in [6.07, 6.45) is 7.41. The monoisotopic (exact) mass is 223 g/mol. The minimum absolute atomic E-state index is 0.294. The van der Waals surface area contributed by atoms with Crippen molar-refractivity contribution in [3.63, 3.8) is 0 Å². The molecule has 0 amide bonds. The van der Waals surface area contributed by atoms with Crippen molar-refractivity contribution >= 4 is 0 Å². The van der Waals surface area contributed by atoms with Crippen molar-refractivity contribution in [1.82, 2.24) is 14.9 Å². The predicted molar refractivity (Wildman–Crippen MR) is 68.3 cm³/mol. The van der Waals surface area contributed by atoms with Crippen LogP contribution in [0.15, 0.2) is 12.5 Å². The highest BCUT2D eigenvalue weighted by Gasteiger charge is 2.22. The highest BCUT2D eigenvalue weighted by molar-refractivity contribution is 4.99. The molecule has 0 atom stereocenters. The quantitative estimate of drug-likeness (QED) is 0.770. The maximum Gasteiger partial charge on any atom is 0.0948 e. The summed E-state index contributed by atoms with van der Waals surface area (Å²) in [6.45, 7) is 10.8. The van der Waals surface area contributed by atoms with Gasteiger partial charge < -0.3 is 9.88 Å². The van der Waals surface area contributed by atoms with Crippen LogP contribution in [0, 0.1) is 0 Å². The van der Waals surface area contributed by atoms with Crippen LogP contribution in [0.5, 0.6) is 0 Å². The molecule has 0 saturated carbocycles. The van der Waals surface area contributed by atoms with Gasteiger partial charge in [-0.15, -0.1) is 0 Å². The first kappa shape index (κ1) is 13.2. The van der Waals surface area contributed by atoms with Gasteiger partial charge in [-0.2, -0.15) is 0 Å². The van der Waals surface area contributed by atoms with Crippen LogP contribution in [0.3, 0.4) is 0 Å². The number of rotatable bonds is 7. The molecule has 3 heteroatoms. The molecule has 1 heterocycles. The number of aryl methyl sites for hydroxylation is 1. The molecule has 0 aromatic carbocycles. The van der Waals surface area contributed by atoms with E-state index in [2.05, 4.69) is 42.6 Å². The van der Waals surface area contributed by atoms with Crippen molar-refractivity contribution in [2.45, 2.75) is 65.6 Å². The van der Waals surface area contributed by atoms with Crippen molar-refractivity contribution < 1.29 is 0 Å². The Balaban J connectivity index is 2.62. The van der Waals surface area contributed by atoms with Crippen molar-refractivity contribution in [1.29, 1.82) is 0 Å². The van der Waals surface area contributed by atoms with Crippen LogP contribution >= 0.6 is 0 Å². The van der Waals surface area contributed by atoms with Crippen molar-refractivity contribution in [3.8, 4) is 0 Å². The van der Waals surface area contributed by atoms with E-state index in [1.807, 2.05) is 12.5 Å². The summed E-state index contributed by atoms with van der Waals surface area (Å²) in [5.41, 5.74) is 1.57. The van der Waals surface area contributed by atoms with Crippen molar-refractivity contribution in [2.75, 3.05) is 0 Å². The van der Waals surface area contributed by atoms with Gasteiger partial charge in [-0.05, 0) is 26.2 Å². The lowest BCUT2D eigenvalue weighted by Crippen LogP contribution is -2.43. The summed E-state index contributed by atoms with van der Waals surface area (Å²) >= 11 is 0. The SMILES string of the molecule is CCn1cncc1CNC(CC)(CC)CC. The lowest BCUT2D eigenvalue weighted by Gasteiger charge is -2.32. The minimum atomic E-state index is 0.294. The van der Waals surface area contributed by atoms with E-state index in [4.69, 9.17) is 0 Å². The molecule has 1 N–H and O–H groups in total. The second-order valence-corrected chi connectivity index (χ2v) is 4.37. The third-order valence-corrected chi connectivity index (χ3v) is 3.81. The van der Waals surface area contributed by atoms with Crippen molar-refractivity contribution in [3.05, 3.63) is 18.2 Å². The number of hydrogen-bond donors (Lipinski definition) is 1. The van der Waals surface area contributed by atoms with Crippen LogP contribution in [-0.2, 0) is 13.1 Å². The number of aromatic nitrogens is 2. The fraction of sp³-hybridized carbons (Fsp3) is 0.769. The molecule has 0 fully saturated rings. The Bertz CT molecular complexity index is 292. The molecule has 3 nitrogen and oxygen atoms in total. The largest absolute Gasteiger partial charge is 0.334 e. The lowest BCUT2D eigenvalue weighted by atomic mass is 9.90. The average molecular weight is 223 g/mol. The summed E-state index contributed by atoms with van der Waals surface area (Å²) in [4.78, 5) is 4.19. The Morgan fingerprint density at radius 1 is 1.19 bits per heavy atom. The zero-order valence-corrected chi connectivity index (χ0v) is 11.1. The second kappa shape index (κ2) is 6.04. The summed E-state index contributed by atoms with van der Waals surface area (Å²) in [6, 6.07) is 0. The summed E-state index contributed by atoms with van der Waals surface area (Å²) in [7, 11) is 0. The topological polar surface area (TPSA) is 29.9 Å². The molecule has 0 bridgehead atoms. The van der Waals surface area contributed by atoms with Crippen LogP contribution in [0.2, 0.25) is 0 Å². The predicted octanol–water partition coefficient (Wildman–Crippen LogP) is 2.96. The second-order valence-electron chi connectivity index (χ2n) is 4.37. The highest BCUT2D eigenvalue weighted by atomic mass is 15.1. The fourth-order valence-electron chi connectivity index (χ4n) is 2.18. The van der Waals surface area contributed by atoms with Gasteiger partial charge in [0.2, 0.25) is 0 Å². The molecule has 0 aliphatic carbocycles. The van der Waals surface area contributed by atoms with E-state index in [1.165, 1.54) is 25.0 Å².